The summed E-state index contributed by atoms with van der Waals surface area (Å²) < 4.78 is 5.57. The molecule has 2 saturated carbocycles. The molecular weight excluding hydrogens is 531 g/mol. The Hall–Kier alpha value is -2.58. The topological polar surface area (TPSA) is 104 Å². The van der Waals surface area contributed by atoms with Gasteiger partial charge < -0.3 is 9.84 Å². The summed E-state index contributed by atoms with van der Waals surface area (Å²) in [7, 11) is 2.80. The Morgan fingerprint density at radius 2 is 1.71 bits per heavy atom. The van der Waals surface area contributed by atoms with Gasteiger partial charge in [0, 0.05) is 30.6 Å². The summed E-state index contributed by atoms with van der Waals surface area (Å²) >= 11 is 14.4. The van der Waals surface area contributed by atoms with Crippen LogP contribution in [0.5, 0.6) is 11.5 Å². The van der Waals surface area contributed by atoms with Gasteiger partial charge in [-0.15, -0.1) is 23.2 Å². The maximum atomic E-state index is 14.0. The molecule has 1 aromatic rings. The number of likely N-dealkylation sites (tertiary alicyclic amines) is 2. The van der Waals surface area contributed by atoms with Crippen LogP contribution >= 0.6 is 23.2 Å². The van der Waals surface area contributed by atoms with Crippen LogP contribution in [0.1, 0.15) is 56.4 Å². The van der Waals surface area contributed by atoms with Crippen LogP contribution in [0.3, 0.4) is 0 Å². The number of phenols is 1. The Bertz CT molecular complexity index is 1290. The molecule has 5 aliphatic rings. The number of allylic oxidation sites excluding steroid dienone is 2. The largest absolute Gasteiger partial charge is 0.508 e. The number of amides is 4. The number of halogens is 2. The molecule has 0 radical (unpaired) electrons. The van der Waals surface area contributed by atoms with Crippen LogP contribution in [0, 0.1) is 17.8 Å². The molecule has 1 aromatic carbocycles. The van der Waals surface area contributed by atoms with Crippen LogP contribution in [0.25, 0.3) is 0 Å². The highest BCUT2D eigenvalue weighted by molar-refractivity contribution is 6.53. The molecule has 0 bridgehead atoms. The average Bonchev–Trinajstić information content (AvgIpc) is 3.24. The maximum absolute atomic E-state index is 14.0. The van der Waals surface area contributed by atoms with Crippen LogP contribution in [-0.2, 0) is 19.2 Å². The van der Waals surface area contributed by atoms with E-state index in [1.165, 1.54) is 31.2 Å². The lowest BCUT2D eigenvalue weighted by Crippen LogP contribution is -2.60. The number of hydrogen-bond donors (Lipinski definition) is 1. The number of carbonyl (C=O) groups is 4. The minimum atomic E-state index is -1.88. The van der Waals surface area contributed by atoms with E-state index in [0.717, 1.165) is 37.0 Å². The fourth-order valence-corrected chi connectivity index (χ4v) is 8.76. The van der Waals surface area contributed by atoms with Crippen LogP contribution in [0.15, 0.2) is 29.8 Å². The highest BCUT2D eigenvalue weighted by atomic mass is 35.5. The van der Waals surface area contributed by atoms with Crippen molar-refractivity contribution in [2.45, 2.75) is 66.7 Å². The van der Waals surface area contributed by atoms with E-state index in [4.69, 9.17) is 27.9 Å². The Morgan fingerprint density at radius 1 is 1.00 bits per heavy atom. The summed E-state index contributed by atoms with van der Waals surface area (Å²) in [6.07, 6.45) is 6.88. The van der Waals surface area contributed by atoms with Gasteiger partial charge in [0.05, 0.1) is 18.9 Å². The number of phenolic OH excluding ortho intramolecular Hbond substituents is 1. The van der Waals surface area contributed by atoms with E-state index >= 15 is 0 Å². The molecule has 2 aliphatic heterocycles. The number of carbonyl (C=O) groups excluding carboxylic acids is 4. The predicted octanol–water partition coefficient (Wildman–Crippen LogP) is 3.72. The predicted molar refractivity (Wildman–Crippen MR) is 139 cm³/mol. The van der Waals surface area contributed by atoms with E-state index in [2.05, 4.69) is 0 Å². The van der Waals surface area contributed by atoms with E-state index in [1.807, 2.05) is 6.08 Å². The molecular formula is C28H30Cl2N2O6. The van der Waals surface area contributed by atoms with E-state index in [0.29, 0.717) is 17.6 Å². The summed E-state index contributed by atoms with van der Waals surface area (Å²) in [6.45, 7) is 0. The SMILES string of the molecule is COc1cc(O)ccc1[C@H]1C2=CC[C@@H]3C(=O)N(C4CCCCC4)C(=O)[C@@H]3[C@@H]2C[C@@]2(Cl)C(=O)N(C)C(=O)[C@@]12Cl. The molecule has 38 heavy (non-hydrogen) atoms. The molecule has 6 atom stereocenters. The average molecular weight is 561 g/mol. The minimum Gasteiger partial charge on any atom is -0.508 e. The van der Waals surface area contributed by atoms with Crippen LogP contribution in [0.4, 0.5) is 0 Å². The quantitative estimate of drug-likeness (QED) is 0.343. The lowest BCUT2D eigenvalue weighted by Gasteiger charge is -2.51. The van der Waals surface area contributed by atoms with Gasteiger partial charge >= 0.3 is 0 Å². The zero-order valence-corrected chi connectivity index (χ0v) is 22.8. The molecule has 4 fully saturated rings. The number of fused-ring (bicyclic) bond motifs is 4. The van der Waals surface area contributed by atoms with E-state index in [-0.39, 0.29) is 35.8 Å². The van der Waals surface area contributed by atoms with E-state index < -0.39 is 45.2 Å². The summed E-state index contributed by atoms with van der Waals surface area (Å²) in [5.41, 5.74) is 1.20. The van der Waals surface area contributed by atoms with Gasteiger partial charge in [0.15, 0.2) is 9.75 Å². The first-order valence-corrected chi connectivity index (χ1v) is 14.0. The number of rotatable bonds is 3. The number of benzene rings is 1. The highest BCUT2D eigenvalue weighted by Gasteiger charge is 2.76. The van der Waals surface area contributed by atoms with Gasteiger partial charge in [-0.1, -0.05) is 37.0 Å². The van der Waals surface area contributed by atoms with Crippen molar-refractivity contribution in [3.05, 3.63) is 35.4 Å². The fourth-order valence-electron chi connectivity index (χ4n) is 7.75. The van der Waals surface area contributed by atoms with E-state index in [1.54, 1.807) is 6.07 Å². The Labute approximate surface area is 230 Å². The lowest BCUT2D eigenvalue weighted by atomic mass is 9.56. The molecule has 10 heteroatoms. The van der Waals surface area contributed by atoms with E-state index in [9.17, 15) is 24.3 Å². The van der Waals surface area contributed by atoms with Gasteiger partial charge in [-0.05, 0) is 37.7 Å². The van der Waals surface area contributed by atoms with Gasteiger partial charge in [0.25, 0.3) is 11.8 Å². The Morgan fingerprint density at radius 3 is 2.39 bits per heavy atom. The summed E-state index contributed by atoms with van der Waals surface area (Å²) in [5, 5.41) is 10.1. The third-order valence-electron chi connectivity index (χ3n) is 9.52. The molecule has 6 rings (SSSR count). The maximum Gasteiger partial charge on any atom is 0.253 e. The second-order valence-electron chi connectivity index (χ2n) is 11.3. The monoisotopic (exact) mass is 560 g/mol. The van der Waals surface area contributed by atoms with Crippen molar-refractivity contribution in [1.29, 1.82) is 0 Å². The molecule has 8 nitrogen and oxygen atoms in total. The van der Waals surface area contributed by atoms with Gasteiger partial charge in [0.1, 0.15) is 11.5 Å². The van der Waals surface area contributed by atoms with Gasteiger partial charge in [-0.25, -0.2) is 0 Å². The van der Waals surface area contributed by atoms with Crippen molar-refractivity contribution in [3.63, 3.8) is 0 Å². The zero-order chi connectivity index (χ0) is 27.1. The first kappa shape index (κ1) is 25.7. The summed E-state index contributed by atoms with van der Waals surface area (Å²) in [4.78, 5) is 53.5. The van der Waals surface area contributed by atoms with Crippen molar-refractivity contribution in [3.8, 4) is 11.5 Å². The van der Waals surface area contributed by atoms with Crippen molar-refractivity contribution >= 4 is 46.8 Å². The normalized spacial score (nSPS) is 37.2. The van der Waals surface area contributed by atoms with Crippen molar-refractivity contribution in [1.82, 2.24) is 9.80 Å². The number of aromatic hydroxyl groups is 1. The summed E-state index contributed by atoms with van der Waals surface area (Å²) in [6, 6.07) is 4.39. The number of methoxy groups -OCH3 is 1. The molecule has 0 unspecified atom stereocenters. The third-order valence-corrected chi connectivity index (χ3v) is 10.9. The Balaban J connectivity index is 1.51. The zero-order valence-electron chi connectivity index (χ0n) is 21.3. The van der Waals surface area contributed by atoms with Crippen molar-refractivity contribution < 1.29 is 29.0 Å². The molecule has 202 valence electrons. The molecule has 2 heterocycles. The smallest absolute Gasteiger partial charge is 0.253 e. The van der Waals surface area contributed by atoms with Crippen LogP contribution < -0.4 is 4.74 Å². The number of hydrogen-bond acceptors (Lipinski definition) is 6. The minimum absolute atomic E-state index is 0.0333. The van der Waals surface area contributed by atoms with Gasteiger partial charge in [0.2, 0.25) is 11.8 Å². The van der Waals surface area contributed by atoms with Crippen molar-refractivity contribution in [2.75, 3.05) is 14.2 Å². The molecule has 0 spiro atoms. The number of alkyl halides is 2. The summed E-state index contributed by atoms with van der Waals surface area (Å²) in [5.74, 6) is -4.06. The number of ether oxygens (including phenoxy) is 1. The molecule has 0 aromatic heterocycles. The molecule has 4 amide bonds. The first-order chi connectivity index (χ1) is 18.1. The number of imide groups is 2. The second kappa shape index (κ2) is 8.71. The number of nitrogens with zero attached hydrogens (tertiary/aromatic N) is 2. The van der Waals surface area contributed by atoms with Gasteiger partial charge in [-0.3, -0.25) is 29.0 Å². The standard InChI is InChI=1S/C28H30Cl2N2O6/c1-31-25(36)27(29)13-19-16(22(28(27,30)26(31)37)17-9-8-15(33)12-20(17)38-2)10-11-18-21(19)24(35)32(23(18)34)14-6-4-3-5-7-14/h8-10,12,14,18-19,21-22,33H,3-7,11,13H2,1-2H3/t18-,19+,21-,22+,27+,28-/m0/s1. The lowest BCUT2D eigenvalue weighted by molar-refractivity contribution is -0.144. The Kier molecular flexibility index (Phi) is 5.89. The molecule has 3 aliphatic carbocycles. The van der Waals surface area contributed by atoms with Crippen molar-refractivity contribution in [2.24, 2.45) is 17.8 Å². The van der Waals surface area contributed by atoms with Gasteiger partial charge in [-0.2, -0.15) is 0 Å². The fraction of sp³-hybridized carbons (Fsp3) is 0.571. The molecule has 1 N–H and O–H groups in total. The van der Waals surface area contributed by atoms with Crippen LogP contribution in [0.2, 0.25) is 0 Å². The highest BCUT2D eigenvalue weighted by Crippen LogP contribution is 2.66. The van der Waals surface area contributed by atoms with Crippen LogP contribution in [-0.4, -0.2) is 68.5 Å². The second-order valence-corrected chi connectivity index (χ2v) is 12.5. The first-order valence-electron chi connectivity index (χ1n) is 13.2. The third kappa shape index (κ3) is 3.16. The molecule has 2 saturated heterocycles.